The highest BCUT2D eigenvalue weighted by Gasteiger charge is 2.24. The molecule has 0 saturated heterocycles. The van der Waals surface area contributed by atoms with Gasteiger partial charge in [-0.05, 0) is 26.7 Å². The Morgan fingerprint density at radius 3 is 2.56 bits per heavy atom. The van der Waals surface area contributed by atoms with Crippen molar-refractivity contribution in [2.75, 3.05) is 16.8 Å². The van der Waals surface area contributed by atoms with E-state index >= 15 is 0 Å². The second kappa shape index (κ2) is 5.50. The van der Waals surface area contributed by atoms with Gasteiger partial charge >= 0.3 is 0 Å². The lowest BCUT2D eigenvalue weighted by Crippen LogP contribution is -2.34. The molecule has 90 valence electrons. The molecule has 2 nitrogen and oxygen atoms in total. The third kappa shape index (κ3) is 2.59. The monoisotopic (exact) mass is 302 g/mol. The van der Waals surface area contributed by atoms with E-state index in [0.29, 0.717) is 0 Å². The standard InChI is InChI=1S/C12H19BrN2S/c1-9-10(2)16-12(14-9)15(8-7-13)11-5-3-4-6-11/h11H,3-8H2,1-2H3. The maximum Gasteiger partial charge on any atom is 0.186 e. The zero-order valence-electron chi connectivity index (χ0n) is 10.0. The van der Waals surface area contributed by atoms with E-state index in [1.165, 1.54) is 41.4 Å². The zero-order valence-corrected chi connectivity index (χ0v) is 12.4. The fourth-order valence-corrected chi connectivity index (χ4v) is 3.71. The summed E-state index contributed by atoms with van der Waals surface area (Å²) in [6.07, 6.45) is 5.44. The van der Waals surface area contributed by atoms with Crippen molar-refractivity contribution in [1.82, 2.24) is 4.98 Å². The molecule has 0 aliphatic heterocycles. The van der Waals surface area contributed by atoms with Crippen LogP contribution in [0.3, 0.4) is 0 Å². The van der Waals surface area contributed by atoms with E-state index in [1.807, 2.05) is 11.3 Å². The molecule has 0 amide bonds. The summed E-state index contributed by atoms with van der Waals surface area (Å²) in [5.41, 5.74) is 1.19. The molecular weight excluding hydrogens is 284 g/mol. The lowest BCUT2D eigenvalue weighted by molar-refractivity contribution is 0.621. The van der Waals surface area contributed by atoms with Crippen LogP contribution in [0.4, 0.5) is 5.13 Å². The van der Waals surface area contributed by atoms with Gasteiger partial charge in [-0.2, -0.15) is 0 Å². The van der Waals surface area contributed by atoms with Crippen molar-refractivity contribution in [3.63, 3.8) is 0 Å². The number of aromatic nitrogens is 1. The minimum absolute atomic E-state index is 0.725. The minimum atomic E-state index is 0.725. The van der Waals surface area contributed by atoms with Gasteiger partial charge in [-0.25, -0.2) is 4.98 Å². The normalized spacial score (nSPS) is 16.9. The highest BCUT2D eigenvalue weighted by atomic mass is 79.9. The summed E-state index contributed by atoms with van der Waals surface area (Å²) in [5, 5.41) is 2.25. The molecule has 0 bridgehead atoms. The number of nitrogens with zero attached hydrogens (tertiary/aromatic N) is 2. The van der Waals surface area contributed by atoms with E-state index in [1.54, 1.807) is 0 Å². The Morgan fingerprint density at radius 2 is 2.06 bits per heavy atom. The predicted molar refractivity (Wildman–Crippen MR) is 75.0 cm³/mol. The van der Waals surface area contributed by atoms with Crippen LogP contribution < -0.4 is 4.90 Å². The van der Waals surface area contributed by atoms with Crippen LogP contribution >= 0.6 is 27.3 Å². The molecule has 1 aliphatic rings. The van der Waals surface area contributed by atoms with Crippen LogP contribution in [0.5, 0.6) is 0 Å². The quantitative estimate of drug-likeness (QED) is 0.784. The van der Waals surface area contributed by atoms with Gasteiger partial charge in [0.15, 0.2) is 5.13 Å². The summed E-state index contributed by atoms with van der Waals surface area (Å²) < 4.78 is 0. The largest absolute Gasteiger partial charge is 0.344 e. The number of hydrogen-bond donors (Lipinski definition) is 0. The zero-order chi connectivity index (χ0) is 11.5. The SMILES string of the molecule is Cc1nc(N(CCBr)C2CCCC2)sc1C. The van der Waals surface area contributed by atoms with Gasteiger partial charge in [0.05, 0.1) is 5.69 Å². The molecule has 0 aromatic carbocycles. The molecule has 0 atom stereocenters. The van der Waals surface area contributed by atoms with Gasteiger partial charge < -0.3 is 4.90 Å². The fraction of sp³-hybridized carbons (Fsp3) is 0.750. The first-order valence-electron chi connectivity index (χ1n) is 5.99. The lowest BCUT2D eigenvalue weighted by atomic mass is 10.2. The smallest absolute Gasteiger partial charge is 0.186 e. The molecule has 0 spiro atoms. The summed E-state index contributed by atoms with van der Waals surface area (Å²) in [6, 6.07) is 0.725. The van der Waals surface area contributed by atoms with Crippen LogP contribution in [0.1, 0.15) is 36.3 Å². The average Bonchev–Trinajstić information content (AvgIpc) is 2.86. The Hall–Kier alpha value is -0.0900. The predicted octanol–water partition coefficient (Wildman–Crippen LogP) is 3.90. The number of rotatable bonds is 4. The Balaban J connectivity index is 2.17. The molecular formula is C12H19BrN2S. The van der Waals surface area contributed by atoms with E-state index in [2.05, 4.69) is 34.7 Å². The van der Waals surface area contributed by atoms with Crippen LogP contribution in [-0.4, -0.2) is 22.9 Å². The Labute approximate surface area is 110 Å². The van der Waals surface area contributed by atoms with Crippen molar-refractivity contribution in [2.24, 2.45) is 0 Å². The number of hydrogen-bond acceptors (Lipinski definition) is 3. The van der Waals surface area contributed by atoms with Crippen LogP contribution in [0.25, 0.3) is 0 Å². The summed E-state index contributed by atoms with van der Waals surface area (Å²) in [7, 11) is 0. The Kier molecular flexibility index (Phi) is 4.25. The van der Waals surface area contributed by atoms with Crippen molar-refractivity contribution < 1.29 is 0 Å². The van der Waals surface area contributed by atoms with Crippen molar-refractivity contribution in [3.8, 4) is 0 Å². The highest BCUT2D eigenvalue weighted by molar-refractivity contribution is 9.09. The second-order valence-corrected chi connectivity index (χ2v) is 6.43. The van der Waals surface area contributed by atoms with E-state index in [-0.39, 0.29) is 0 Å². The lowest BCUT2D eigenvalue weighted by Gasteiger charge is -2.27. The molecule has 1 heterocycles. The maximum atomic E-state index is 4.70. The minimum Gasteiger partial charge on any atom is -0.344 e. The number of anilines is 1. The van der Waals surface area contributed by atoms with Gasteiger partial charge in [0.25, 0.3) is 0 Å². The van der Waals surface area contributed by atoms with Gasteiger partial charge in [0, 0.05) is 22.8 Å². The number of halogens is 1. The third-order valence-corrected chi connectivity index (χ3v) is 4.82. The second-order valence-electron chi connectivity index (χ2n) is 4.46. The maximum absolute atomic E-state index is 4.70. The fourth-order valence-electron chi connectivity index (χ4n) is 2.32. The number of alkyl halides is 1. The van der Waals surface area contributed by atoms with E-state index in [4.69, 9.17) is 4.98 Å². The summed E-state index contributed by atoms with van der Waals surface area (Å²) in [5.74, 6) is 0. The molecule has 0 unspecified atom stereocenters. The summed E-state index contributed by atoms with van der Waals surface area (Å²) >= 11 is 5.40. The van der Waals surface area contributed by atoms with E-state index < -0.39 is 0 Å². The first kappa shape index (κ1) is 12.4. The van der Waals surface area contributed by atoms with Gasteiger partial charge in [-0.1, -0.05) is 28.8 Å². The third-order valence-electron chi connectivity index (χ3n) is 3.35. The first-order chi connectivity index (χ1) is 7.72. The van der Waals surface area contributed by atoms with Crippen LogP contribution in [0.15, 0.2) is 0 Å². The van der Waals surface area contributed by atoms with Crippen molar-refractivity contribution in [2.45, 2.75) is 45.6 Å². The summed E-state index contributed by atoms with van der Waals surface area (Å²) in [4.78, 5) is 8.56. The first-order valence-corrected chi connectivity index (χ1v) is 7.93. The number of aryl methyl sites for hydroxylation is 2. The summed E-state index contributed by atoms with van der Waals surface area (Å²) in [6.45, 7) is 5.35. The topological polar surface area (TPSA) is 16.1 Å². The molecule has 1 aromatic heterocycles. The van der Waals surface area contributed by atoms with E-state index in [0.717, 1.165) is 17.9 Å². The van der Waals surface area contributed by atoms with Gasteiger partial charge in [0.2, 0.25) is 0 Å². The van der Waals surface area contributed by atoms with Crippen molar-refractivity contribution in [1.29, 1.82) is 0 Å². The molecule has 1 saturated carbocycles. The molecule has 1 aliphatic carbocycles. The molecule has 0 radical (unpaired) electrons. The van der Waals surface area contributed by atoms with E-state index in [9.17, 15) is 0 Å². The van der Waals surface area contributed by atoms with Crippen LogP contribution in [-0.2, 0) is 0 Å². The Morgan fingerprint density at radius 1 is 1.38 bits per heavy atom. The molecule has 1 aromatic rings. The molecule has 0 N–H and O–H groups in total. The van der Waals surface area contributed by atoms with Crippen LogP contribution in [0.2, 0.25) is 0 Å². The molecule has 4 heteroatoms. The Bertz CT molecular complexity index is 325. The molecule has 2 rings (SSSR count). The average molecular weight is 303 g/mol. The highest BCUT2D eigenvalue weighted by Crippen LogP contribution is 2.32. The molecule has 1 fully saturated rings. The van der Waals surface area contributed by atoms with Gasteiger partial charge in [-0.3, -0.25) is 0 Å². The van der Waals surface area contributed by atoms with Crippen LogP contribution in [0, 0.1) is 13.8 Å². The van der Waals surface area contributed by atoms with Gasteiger partial charge in [-0.15, -0.1) is 11.3 Å². The van der Waals surface area contributed by atoms with Crippen molar-refractivity contribution in [3.05, 3.63) is 10.6 Å². The van der Waals surface area contributed by atoms with Gasteiger partial charge in [0.1, 0.15) is 0 Å². The molecule has 16 heavy (non-hydrogen) atoms. The number of thiazole rings is 1. The van der Waals surface area contributed by atoms with Crippen molar-refractivity contribution >= 4 is 32.4 Å².